The minimum absolute atomic E-state index is 0.0239. The Kier molecular flexibility index (Phi) is 9.51. The van der Waals surface area contributed by atoms with E-state index in [4.69, 9.17) is 14.2 Å². The third-order valence-corrected chi connectivity index (χ3v) is 7.89. The van der Waals surface area contributed by atoms with Gasteiger partial charge in [-0.05, 0) is 72.3 Å². The number of ether oxygens (including phenoxy) is 3. The van der Waals surface area contributed by atoms with Crippen molar-refractivity contribution < 1.29 is 33.3 Å². The first-order valence-electron chi connectivity index (χ1n) is 13.8. The zero-order chi connectivity index (χ0) is 29.6. The third kappa shape index (κ3) is 7.53. The van der Waals surface area contributed by atoms with Crippen LogP contribution in [0.1, 0.15) is 19.4 Å². The van der Waals surface area contributed by atoms with E-state index in [2.05, 4.69) is 23.5 Å². The van der Waals surface area contributed by atoms with Crippen LogP contribution in [0.4, 0.5) is 14.9 Å². The maximum absolute atomic E-state index is 13.4. The van der Waals surface area contributed by atoms with Crippen LogP contribution in [0.25, 0.3) is 0 Å². The largest absolute Gasteiger partial charge is 0.454 e. The molecule has 1 fully saturated rings. The van der Waals surface area contributed by atoms with Crippen LogP contribution in [0, 0.1) is 11.7 Å². The molecule has 3 aromatic rings. The maximum Gasteiger partial charge on any atom is 0.415 e. The highest BCUT2D eigenvalue weighted by Gasteiger charge is 2.38. The lowest BCUT2D eigenvalue weighted by Gasteiger charge is -2.31. The molecule has 222 valence electrons. The van der Waals surface area contributed by atoms with E-state index in [0.717, 1.165) is 10.5 Å². The van der Waals surface area contributed by atoms with E-state index in [0.29, 0.717) is 36.1 Å². The van der Waals surface area contributed by atoms with Gasteiger partial charge in [0.05, 0.1) is 18.7 Å². The fourth-order valence-corrected chi connectivity index (χ4v) is 6.02. The molecule has 9 nitrogen and oxygen atoms in total. The fourth-order valence-electron chi connectivity index (χ4n) is 4.83. The number of halogens is 1. The molecular weight excluding hydrogens is 561 g/mol. The molecule has 2 heterocycles. The Hall–Kier alpha value is -3.80. The van der Waals surface area contributed by atoms with Crippen molar-refractivity contribution in [3.63, 3.8) is 0 Å². The lowest BCUT2D eigenvalue weighted by atomic mass is 10.0. The number of fused-ring (bicyclic) bond motifs is 1. The fraction of sp³-hybridized carbons (Fsp3) is 0.355. The van der Waals surface area contributed by atoms with Crippen molar-refractivity contribution in [2.24, 2.45) is 5.92 Å². The van der Waals surface area contributed by atoms with Gasteiger partial charge in [-0.2, -0.15) is 0 Å². The van der Waals surface area contributed by atoms with Crippen LogP contribution in [0.5, 0.6) is 11.5 Å². The smallest absolute Gasteiger partial charge is 0.415 e. The molecule has 0 aromatic heterocycles. The summed E-state index contributed by atoms with van der Waals surface area (Å²) in [5, 5.41) is 14.5. The number of aliphatic hydroxyl groups excluding tert-OH is 1. The van der Waals surface area contributed by atoms with Gasteiger partial charge in [0.15, 0.2) is 17.6 Å². The van der Waals surface area contributed by atoms with Gasteiger partial charge in [0, 0.05) is 23.7 Å². The quantitative estimate of drug-likeness (QED) is 0.293. The number of hydrogen-bond acceptors (Lipinski definition) is 8. The Bertz CT molecular complexity index is 1380. The second-order valence-electron chi connectivity index (χ2n) is 10.7. The molecule has 3 aromatic carbocycles. The molecule has 3 atom stereocenters. The minimum Gasteiger partial charge on any atom is -0.454 e. The second-order valence-corrected chi connectivity index (χ2v) is 11.8. The molecule has 0 bridgehead atoms. The van der Waals surface area contributed by atoms with Gasteiger partial charge in [0.1, 0.15) is 5.82 Å². The zero-order valence-electron chi connectivity index (χ0n) is 23.4. The van der Waals surface area contributed by atoms with Crippen LogP contribution in [0.2, 0.25) is 0 Å². The number of rotatable bonds is 12. The Morgan fingerprint density at radius 1 is 1.07 bits per heavy atom. The van der Waals surface area contributed by atoms with Crippen LogP contribution < -0.4 is 19.7 Å². The minimum atomic E-state index is -1.08. The van der Waals surface area contributed by atoms with E-state index in [1.165, 1.54) is 41.1 Å². The highest BCUT2D eigenvalue weighted by molar-refractivity contribution is 7.97. The molecule has 2 aliphatic rings. The van der Waals surface area contributed by atoms with E-state index < -0.39 is 36.1 Å². The number of aliphatic hydroxyl groups is 1. The van der Waals surface area contributed by atoms with Crippen molar-refractivity contribution >= 4 is 29.6 Å². The number of benzene rings is 3. The third-order valence-electron chi connectivity index (χ3n) is 6.87. The number of hydrogen-bond donors (Lipinski definition) is 2. The summed E-state index contributed by atoms with van der Waals surface area (Å²) in [6, 6.07) is 20.0. The predicted octanol–water partition coefficient (Wildman–Crippen LogP) is 4.63. The van der Waals surface area contributed by atoms with Crippen molar-refractivity contribution in [3.05, 3.63) is 84.2 Å². The molecule has 1 saturated heterocycles. The molecule has 11 heteroatoms. The van der Waals surface area contributed by atoms with Crippen LogP contribution >= 0.6 is 11.9 Å². The summed E-state index contributed by atoms with van der Waals surface area (Å²) in [5.74, 6) is 0.760. The predicted molar refractivity (Wildman–Crippen MR) is 157 cm³/mol. The summed E-state index contributed by atoms with van der Waals surface area (Å²) in [4.78, 5) is 28.1. The molecule has 2 N–H and O–H groups in total. The van der Waals surface area contributed by atoms with E-state index in [9.17, 15) is 19.1 Å². The number of nitrogens with zero attached hydrogens (tertiary/aromatic N) is 2. The Morgan fingerprint density at radius 2 is 1.81 bits per heavy atom. The monoisotopic (exact) mass is 595 g/mol. The molecule has 5 rings (SSSR count). The van der Waals surface area contributed by atoms with Crippen LogP contribution in [0.3, 0.4) is 0 Å². The zero-order valence-corrected chi connectivity index (χ0v) is 24.3. The van der Waals surface area contributed by atoms with Crippen molar-refractivity contribution in [1.82, 2.24) is 9.62 Å². The van der Waals surface area contributed by atoms with Crippen LogP contribution in [0.15, 0.2) is 77.7 Å². The summed E-state index contributed by atoms with van der Waals surface area (Å²) in [5.41, 5.74) is 1.37. The lowest BCUT2D eigenvalue weighted by Crippen LogP contribution is -2.52. The molecule has 0 radical (unpaired) electrons. The molecule has 0 spiro atoms. The maximum atomic E-state index is 13.4. The molecule has 2 amide bonds. The topological polar surface area (TPSA) is 101 Å². The molecule has 0 saturated carbocycles. The Balaban J connectivity index is 1.29. The van der Waals surface area contributed by atoms with Crippen molar-refractivity contribution in [1.29, 1.82) is 0 Å². The molecule has 42 heavy (non-hydrogen) atoms. The molecule has 2 aliphatic heterocycles. The highest BCUT2D eigenvalue weighted by atomic mass is 32.2. The van der Waals surface area contributed by atoms with E-state index >= 15 is 0 Å². The Labute approximate surface area is 248 Å². The van der Waals surface area contributed by atoms with E-state index in [-0.39, 0.29) is 19.9 Å². The summed E-state index contributed by atoms with van der Waals surface area (Å²) >= 11 is 1.50. The summed E-state index contributed by atoms with van der Waals surface area (Å²) in [7, 11) is 0. The number of carbonyl (C=O) groups excluding carboxylic acids is 2. The van der Waals surface area contributed by atoms with Crippen molar-refractivity contribution in [3.8, 4) is 11.5 Å². The molecular formula is C31H34FN3O6S. The number of anilines is 1. The van der Waals surface area contributed by atoms with Crippen molar-refractivity contribution in [2.75, 3.05) is 31.3 Å². The normalized spacial score (nSPS) is 17.4. The van der Waals surface area contributed by atoms with Gasteiger partial charge in [-0.3, -0.25) is 9.69 Å². The van der Waals surface area contributed by atoms with E-state index in [1.807, 2.05) is 48.5 Å². The number of cyclic esters (lactones) is 1. The summed E-state index contributed by atoms with van der Waals surface area (Å²) in [6.45, 7) is 5.32. The Morgan fingerprint density at radius 3 is 2.55 bits per heavy atom. The number of nitrogens with one attached hydrogen (secondary N) is 1. The van der Waals surface area contributed by atoms with Gasteiger partial charge in [-0.1, -0.05) is 44.2 Å². The first-order valence-corrected chi connectivity index (χ1v) is 14.6. The van der Waals surface area contributed by atoms with Crippen LogP contribution in [-0.2, 0) is 16.0 Å². The van der Waals surface area contributed by atoms with Gasteiger partial charge in [0.25, 0.3) is 5.91 Å². The van der Waals surface area contributed by atoms with Gasteiger partial charge < -0.3 is 24.6 Å². The lowest BCUT2D eigenvalue weighted by molar-refractivity contribution is -0.129. The van der Waals surface area contributed by atoms with Gasteiger partial charge in [-0.25, -0.2) is 13.5 Å². The van der Waals surface area contributed by atoms with E-state index in [1.54, 1.807) is 0 Å². The molecule has 3 unspecified atom stereocenters. The first kappa shape index (κ1) is 29.7. The SMILES string of the molecule is CC(C)CN(CC(O)C(Cc1ccccc1)NC(=O)C1CN(c2ccc(F)cc2)C(=O)O1)Sc1ccc2c(c1)OCO2. The van der Waals surface area contributed by atoms with Gasteiger partial charge in [-0.15, -0.1) is 0 Å². The van der Waals surface area contributed by atoms with Crippen molar-refractivity contribution in [2.45, 2.75) is 43.4 Å². The summed E-state index contributed by atoms with van der Waals surface area (Å²) < 4.78 is 31.8. The van der Waals surface area contributed by atoms with Crippen LogP contribution in [-0.4, -0.2) is 66.1 Å². The van der Waals surface area contributed by atoms with Gasteiger partial charge >= 0.3 is 6.09 Å². The highest BCUT2D eigenvalue weighted by Crippen LogP contribution is 2.37. The van der Waals surface area contributed by atoms with Gasteiger partial charge in [0.2, 0.25) is 6.79 Å². The number of carbonyl (C=O) groups is 2. The molecule has 0 aliphatic carbocycles. The standard InChI is InChI=1S/C31H34FN3O6S/c1-20(2)16-34(42-24-12-13-27-28(15-24)40-19-39-27)17-26(36)25(14-21-6-4-3-5-7-21)33-30(37)29-18-35(31(38)41-29)23-10-8-22(32)9-11-23/h3-13,15,20,25-26,29,36H,14,16-19H2,1-2H3,(H,33,37). The average Bonchev–Trinajstić information content (AvgIpc) is 3.59. The summed E-state index contributed by atoms with van der Waals surface area (Å²) in [6.07, 6.45) is -2.34. The average molecular weight is 596 g/mol. The first-order chi connectivity index (χ1) is 20.2. The second kappa shape index (κ2) is 13.5. The number of amides is 2.